The SMILES string of the molecule is CCC1OC(C)C(OC/C=C/c2ccccc2)CC1C. The van der Waals surface area contributed by atoms with Crippen LogP contribution in [-0.4, -0.2) is 24.9 Å². The molecule has 4 atom stereocenters. The van der Waals surface area contributed by atoms with Gasteiger partial charge in [-0.1, -0.05) is 56.3 Å². The Kier molecular flexibility index (Phi) is 5.81. The first kappa shape index (κ1) is 15.3. The van der Waals surface area contributed by atoms with Crippen LogP contribution in [-0.2, 0) is 9.47 Å². The van der Waals surface area contributed by atoms with Gasteiger partial charge in [0.15, 0.2) is 0 Å². The zero-order chi connectivity index (χ0) is 14.4. The van der Waals surface area contributed by atoms with E-state index >= 15 is 0 Å². The molecular weight excluding hydrogens is 248 g/mol. The number of ether oxygens (including phenoxy) is 2. The second-order valence-corrected chi connectivity index (χ2v) is 5.69. The van der Waals surface area contributed by atoms with Crippen LogP contribution in [0.1, 0.15) is 39.2 Å². The van der Waals surface area contributed by atoms with Gasteiger partial charge in [0.1, 0.15) is 0 Å². The lowest BCUT2D eigenvalue weighted by Gasteiger charge is -2.38. The van der Waals surface area contributed by atoms with E-state index in [4.69, 9.17) is 9.47 Å². The van der Waals surface area contributed by atoms with Gasteiger partial charge in [-0.15, -0.1) is 0 Å². The Balaban J connectivity index is 1.78. The van der Waals surface area contributed by atoms with E-state index in [-0.39, 0.29) is 12.2 Å². The van der Waals surface area contributed by atoms with E-state index in [1.54, 1.807) is 0 Å². The highest BCUT2D eigenvalue weighted by Gasteiger charge is 2.32. The molecule has 1 heterocycles. The van der Waals surface area contributed by atoms with Crippen LogP contribution in [0.2, 0.25) is 0 Å². The Morgan fingerprint density at radius 2 is 2.00 bits per heavy atom. The Hall–Kier alpha value is -1.12. The van der Waals surface area contributed by atoms with Crippen molar-refractivity contribution in [3.63, 3.8) is 0 Å². The van der Waals surface area contributed by atoms with Gasteiger partial charge >= 0.3 is 0 Å². The molecule has 0 N–H and O–H groups in total. The molecule has 2 rings (SSSR count). The maximum atomic E-state index is 6.03. The average Bonchev–Trinajstić information content (AvgIpc) is 2.47. The van der Waals surface area contributed by atoms with Gasteiger partial charge in [-0.3, -0.25) is 0 Å². The summed E-state index contributed by atoms with van der Waals surface area (Å²) < 4.78 is 12.0. The first-order valence-corrected chi connectivity index (χ1v) is 7.69. The van der Waals surface area contributed by atoms with Crippen LogP contribution in [0.15, 0.2) is 36.4 Å². The Labute approximate surface area is 122 Å². The van der Waals surface area contributed by atoms with Gasteiger partial charge in [0.25, 0.3) is 0 Å². The summed E-state index contributed by atoms with van der Waals surface area (Å²) in [5.74, 6) is 0.583. The van der Waals surface area contributed by atoms with Crippen LogP contribution in [0.25, 0.3) is 6.08 Å². The normalized spacial score (nSPS) is 30.8. The van der Waals surface area contributed by atoms with Crippen molar-refractivity contribution in [1.29, 1.82) is 0 Å². The molecule has 1 saturated heterocycles. The average molecular weight is 274 g/mol. The summed E-state index contributed by atoms with van der Waals surface area (Å²) in [4.78, 5) is 0. The maximum Gasteiger partial charge on any atom is 0.0841 e. The Morgan fingerprint density at radius 3 is 2.70 bits per heavy atom. The van der Waals surface area contributed by atoms with E-state index in [2.05, 4.69) is 45.1 Å². The zero-order valence-electron chi connectivity index (χ0n) is 12.8. The lowest BCUT2D eigenvalue weighted by Crippen LogP contribution is -2.43. The first-order valence-electron chi connectivity index (χ1n) is 7.69. The second kappa shape index (κ2) is 7.61. The second-order valence-electron chi connectivity index (χ2n) is 5.69. The summed E-state index contributed by atoms with van der Waals surface area (Å²) in [7, 11) is 0. The minimum absolute atomic E-state index is 0.196. The lowest BCUT2D eigenvalue weighted by molar-refractivity contribution is -0.150. The van der Waals surface area contributed by atoms with Gasteiger partial charge in [0.05, 0.1) is 24.9 Å². The molecule has 110 valence electrons. The molecule has 1 aromatic carbocycles. The molecule has 2 heteroatoms. The summed E-state index contributed by atoms with van der Waals surface area (Å²) in [5, 5.41) is 0. The van der Waals surface area contributed by atoms with Crippen molar-refractivity contribution >= 4 is 6.08 Å². The smallest absolute Gasteiger partial charge is 0.0841 e. The van der Waals surface area contributed by atoms with E-state index in [1.807, 2.05) is 18.2 Å². The summed E-state index contributed by atoms with van der Waals surface area (Å²) in [6.07, 6.45) is 7.18. The van der Waals surface area contributed by atoms with E-state index < -0.39 is 0 Å². The molecule has 1 fully saturated rings. The topological polar surface area (TPSA) is 18.5 Å². The molecule has 1 aliphatic rings. The number of hydrogen-bond donors (Lipinski definition) is 0. The van der Waals surface area contributed by atoms with Crippen LogP contribution < -0.4 is 0 Å². The first-order chi connectivity index (χ1) is 9.70. The monoisotopic (exact) mass is 274 g/mol. The Bertz CT molecular complexity index is 413. The molecule has 0 radical (unpaired) electrons. The summed E-state index contributed by atoms with van der Waals surface area (Å²) in [5.41, 5.74) is 1.21. The predicted molar refractivity (Wildman–Crippen MR) is 83.6 cm³/mol. The largest absolute Gasteiger partial charge is 0.372 e. The molecule has 4 unspecified atom stereocenters. The van der Waals surface area contributed by atoms with Gasteiger partial charge in [-0.25, -0.2) is 0 Å². The number of hydrogen-bond acceptors (Lipinski definition) is 2. The molecule has 0 aromatic heterocycles. The summed E-state index contributed by atoms with van der Waals surface area (Å²) >= 11 is 0. The van der Waals surface area contributed by atoms with Crippen LogP contribution >= 0.6 is 0 Å². The van der Waals surface area contributed by atoms with Crippen molar-refractivity contribution < 1.29 is 9.47 Å². The highest BCUT2D eigenvalue weighted by atomic mass is 16.5. The van der Waals surface area contributed by atoms with Crippen molar-refractivity contribution in [1.82, 2.24) is 0 Å². The third-order valence-electron chi connectivity index (χ3n) is 4.07. The maximum absolute atomic E-state index is 6.03. The standard InChI is InChI=1S/C18H26O2/c1-4-17-14(2)13-18(15(3)20-17)19-12-8-11-16-9-6-5-7-10-16/h5-11,14-15,17-18H,4,12-13H2,1-3H3/b11-8+. The third-order valence-corrected chi connectivity index (χ3v) is 4.07. The van der Waals surface area contributed by atoms with Gasteiger partial charge in [-0.2, -0.15) is 0 Å². The summed E-state index contributed by atoms with van der Waals surface area (Å²) in [6, 6.07) is 10.3. The molecule has 0 bridgehead atoms. The fourth-order valence-corrected chi connectivity index (χ4v) is 2.84. The van der Waals surface area contributed by atoms with Crippen LogP contribution in [0.5, 0.6) is 0 Å². The van der Waals surface area contributed by atoms with Crippen molar-refractivity contribution in [2.75, 3.05) is 6.61 Å². The van der Waals surface area contributed by atoms with Crippen molar-refractivity contribution in [2.45, 2.75) is 51.9 Å². The van der Waals surface area contributed by atoms with Gasteiger partial charge in [-0.05, 0) is 31.2 Å². The molecule has 1 aliphatic heterocycles. The predicted octanol–water partition coefficient (Wildman–Crippen LogP) is 4.31. The van der Waals surface area contributed by atoms with Gasteiger partial charge in [0.2, 0.25) is 0 Å². The van der Waals surface area contributed by atoms with Crippen molar-refractivity contribution in [3.05, 3.63) is 42.0 Å². The third kappa shape index (κ3) is 4.19. The molecular formula is C18H26O2. The van der Waals surface area contributed by atoms with E-state index in [1.165, 1.54) is 5.56 Å². The molecule has 0 saturated carbocycles. The molecule has 0 aliphatic carbocycles. The molecule has 0 spiro atoms. The van der Waals surface area contributed by atoms with Crippen molar-refractivity contribution in [3.8, 4) is 0 Å². The molecule has 0 amide bonds. The van der Waals surface area contributed by atoms with Gasteiger partial charge < -0.3 is 9.47 Å². The molecule has 1 aromatic rings. The molecule has 20 heavy (non-hydrogen) atoms. The van der Waals surface area contributed by atoms with Crippen LogP contribution in [0.3, 0.4) is 0 Å². The van der Waals surface area contributed by atoms with E-state index in [0.717, 1.165) is 12.8 Å². The van der Waals surface area contributed by atoms with E-state index in [9.17, 15) is 0 Å². The minimum Gasteiger partial charge on any atom is -0.372 e. The van der Waals surface area contributed by atoms with E-state index in [0.29, 0.717) is 18.6 Å². The molecule has 2 nitrogen and oxygen atoms in total. The van der Waals surface area contributed by atoms with Crippen LogP contribution in [0.4, 0.5) is 0 Å². The minimum atomic E-state index is 0.196. The lowest BCUT2D eigenvalue weighted by atomic mass is 9.90. The fraction of sp³-hybridized carbons (Fsp3) is 0.556. The summed E-state index contributed by atoms with van der Waals surface area (Å²) in [6.45, 7) is 7.23. The highest BCUT2D eigenvalue weighted by molar-refractivity contribution is 5.48. The fourth-order valence-electron chi connectivity index (χ4n) is 2.84. The zero-order valence-corrected chi connectivity index (χ0v) is 12.8. The Morgan fingerprint density at radius 1 is 1.25 bits per heavy atom. The number of benzene rings is 1. The van der Waals surface area contributed by atoms with Crippen LogP contribution in [0, 0.1) is 5.92 Å². The van der Waals surface area contributed by atoms with Crippen molar-refractivity contribution in [2.24, 2.45) is 5.92 Å². The number of rotatable bonds is 5. The van der Waals surface area contributed by atoms with Gasteiger partial charge in [0, 0.05) is 0 Å². The quantitative estimate of drug-likeness (QED) is 0.796. The highest BCUT2D eigenvalue weighted by Crippen LogP contribution is 2.28.